The molecule has 20 nitrogen and oxygen atoms in total. The first kappa shape index (κ1) is 86.8. The Morgan fingerprint density at radius 3 is 0.956 bits per heavy atom. The van der Waals surface area contributed by atoms with E-state index in [9.17, 15) is 28.8 Å². The molecule has 0 atom stereocenters. The summed E-state index contributed by atoms with van der Waals surface area (Å²) in [4.78, 5) is 95.0. The molecule has 2 aromatic heterocycles. The van der Waals surface area contributed by atoms with Crippen molar-refractivity contribution in [2.24, 2.45) is 0 Å². The van der Waals surface area contributed by atoms with Crippen molar-refractivity contribution in [2.75, 3.05) is 46.6 Å². The molecule has 0 radical (unpaired) electrons. The zero-order valence-corrected chi connectivity index (χ0v) is 69.8. The normalized spacial score (nSPS) is 11.6. The number of halogens is 2. The zero-order valence-electron chi connectivity index (χ0n) is 68.3. The number of nitrogens with zero attached hydrogens (tertiary/aromatic N) is 6. The lowest BCUT2D eigenvalue weighted by Crippen LogP contribution is -3.00. The number of amides is 6. The van der Waals surface area contributed by atoms with Gasteiger partial charge in [-0.3, -0.25) is 30.0 Å². The molecule has 0 fully saturated rings. The van der Waals surface area contributed by atoms with E-state index in [4.69, 9.17) is 28.9 Å². The molecule has 0 aliphatic heterocycles. The third kappa shape index (κ3) is 22.6. The summed E-state index contributed by atoms with van der Waals surface area (Å²) in [6.45, 7) is 31.7. The van der Waals surface area contributed by atoms with E-state index >= 15 is 0 Å². The highest BCUT2D eigenvalue weighted by Crippen LogP contribution is 2.35. The van der Waals surface area contributed by atoms with Crippen molar-refractivity contribution in [1.82, 2.24) is 20.6 Å². The number of aromatic nitrogens is 4. The summed E-state index contributed by atoms with van der Waals surface area (Å²) < 4.78 is 27.5. The van der Waals surface area contributed by atoms with Crippen LogP contribution in [0.5, 0.6) is 0 Å². The van der Waals surface area contributed by atoms with E-state index in [0.717, 1.165) is 139 Å². The number of carbonyl (C=O) groups is 6. The minimum Gasteiger partial charge on any atom is -1.00 e. The number of benzene rings is 9. The number of para-hydroxylation sites is 2. The summed E-state index contributed by atoms with van der Waals surface area (Å²) >= 11 is 0. The van der Waals surface area contributed by atoms with E-state index in [0.29, 0.717) is 72.9 Å². The third-order valence-corrected chi connectivity index (χ3v) is 18.8. The van der Waals surface area contributed by atoms with Gasteiger partial charge in [0.2, 0.25) is 33.4 Å². The molecule has 11 aromatic rings. The summed E-state index contributed by atoms with van der Waals surface area (Å²) in [5, 5.41) is 12.1. The third-order valence-electron chi connectivity index (χ3n) is 18.8. The van der Waals surface area contributed by atoms with Crippen LogP contribution in [0.2, 0.25) is 0 Å². The minimum absolute atomic E-state index is 0. The second-order valence-corrected chi connectivity index (χ2v) is 32.7. The lowest BCUT2D eigenvalue weighted by Gasteiger charge is -2.28. The van der Waals surface area contributed by atoms with E-state index in [2.05, 4.69) is 54.7 Å². The number of carbonyl (C=O) groups excluding carboxylic acids is 6. The molecule has 9 aromatic carbocycles. The Balaban J connectivity index is 0.00000744. The summed E-state index contributed by atoms with van der Waals surface area (Å²) in [5.41, 5.74) is 15.9. The van der Waals surface area contributed by atoms with Gasteiger partial charge in [-0.2, -0.15) is 0 Å². The van der Waals surface area contributed by atoms with Crippen LogP contribution in [0.4, 0.5) is 41.9 Å². The molecule has 4 N–H and O–H groups in total. The first-order chi connectivity index (χ1) is 53.1. The molecule has 0 unspecified atom stereocenters. The number of ether oxygens (including phenoxy) is 4. The molecule has 0 saturated heterocycles. The minimum atomic E-state index is -0.742. The van der Waals surface area contributed by atoms with Crippen molar-refractivity contribution in [3.05, 3.63) is 215 Å². The number of anilines is 4. The summed E-state index contributed by atoms with van der Waals surface area (Å²) in [7, 11) is 0. The van der Waals surface area contributed by atoms with Gasteiger partial charge in [0.1, 0.15) is 44.5 Å². The second kappa shape index (κ2) is 37.2. The number of hydrogen-bond acceptors (Lipinski definition) is 12. The Kier molecular flexibility index (Phi) is 28.3. The second-order valence-electron chi connectivity index (χ2n) is 32.7. The Hall–Kier alpha value is -11.2. The van der Waals surface area contributed by atoms with Crippen LogP contribution in [0.25, 0.3) is 77.8 Å². The Morgan fingerprint density at radius 1 is 0.351 bits per heavy atom. The fraction of sp³-hybridized carbons (Fsp3) is 0.348. The maximum atomic E-state index is 14.2. The van der Waals surface area contributed by atoms with Gasteiger partial charge in [-0.15, -0.1) is 9.13 Å². The fourth-order valence-corrected chi connectivity index (χ4v) is 13.5. The van der Waals surface area contributed by atoms with Crippen molar-refractivity contribution in [2.45, 2.75) is 185 Å². The topological polar surface area (TPSA) is 227 Å². The van der Waals surface area contributed by atoms with Crippen molar-refractivity contribution in [1.29, 1.82) is 0 Å². The zero-order chi connectivity index (χ0) is 80.4. The van der Waals surface area contributed by atoms with Gasteiger partial charge in [-0.1, -0.05) is 111 Å². The number of aryl methyl sites for hydroxylation is 4. The highest BCUT2D eigenvalue weighted by atomic mass is 35.5. The van der Waals surface area contributed by atoms with Gasteiger partial charge in [0.25, 0.3) is 11.8 Å². The van der Waals surface area contributed by atoms with Crippen LogP contribution >= 0.6 is 0 Å². The van der Waals surface area contributed by atoms with Gasteiger partial charge in [0.05, 0.1) is 22.7 Å². The average Bonchev–Trinajstić information content (AvgIpc) is 0.746. The predicted octanol–water partition coefficient (Wildman–Crippen LogP) is 14.4. The number of fused-ring (bicyclic) bond motifs is 4. The number of unbranched alkanes of at least 4 members (excludes halogenated alkanes) is 6. The summed E-state index contributed by atoms with van der Waals surface area (Å²) in [5.74, 6) is -0.299. The standard InChI is InChI=1S/C92H104N10O10.2ClH/c1-59-51-73-79(55-71(59)97-85(105)109-89(5,6)7)101(69-31-23-21-24-32-69)81-57-77(61(3)53-75(81)95-73)99(87(107)111-91(11,12)13)49-29-19-17-27-47-93-83(103)67-43-39-65(40-44-67)63-35-37-64(38-36-63)66-41-45-68(46-42-66)84(104)94-48-28-18-20-30-50-100(88(108)112-92(14,15)16)78-58-82-76(54-62(78)4)96-74-52-60(2)72(98-86(106)110-90(8,9)10)56-80(74)102(82)70-33-25-22-26-34-70;;/h21-26,31-46,51-58H,17-20,27-30,47-50H2,1-16H3,(H2,93,94,103,104);2*1H. The summed E-state index contributed by atoms with van der Waals surface area (Å²) in [6, 6.07) is 59.0. The van der Waals surface area contributed by atoms with E-state index in [1.165, 1.54) is 0 Å². The molecule has 2 heterocycles. The highest BCUT2D eigenvalue weighted by Gasteiger charge is 2.32. The Bertz CT molecular complexity index is 4960. The van der Waals surface area contributed by atoms with Crippen LogP contribution in [0.1, 0.15) is 177 Å². The molecule has 0 bridgehead atoms. The molecule has 0 saturated carbocycles. The van der Waals surface area contributed by atoms with Gasteiger partial charge in [0.15, 0.2) is 0 Å². The molecule has 598 valence electrons. The van der Waals surface area contributed by atoms with Crippen LogP contribution < -0.4 is 65.0 Å². The molecule has 6 amide bonds. The molecule has 114 heavy (non-hydrogen) atoms. The maximum Gasteiger partial charge on any atom is 0.414 e. The van der Waals surface area contributed by atoms with Gasteiger partial charge in [-0.05, 0) is 230 Å². The van der Waals surface area contributed by atoms with Crippen LogP contribution in [0, 0.1) is 27.7 Å². The molecular weight excluding hydrogens is 1480 g/mol. The largest absolute Gasteiger partial charge is 1.00 e. The van der Waals surface area contributed by atoms with Crippen LogP contribution in [0.15, 0.2) is 182 Å². The number of rotatable bonds is 24. The summed E-state index contributed by atoms with van der Waals surface area (Å²) in [6.07, 6.45) is 4.13. The highest BCUT2D eigenvalue weighted by molar-refractivity contribution is 5.99. The van der Waals surface area contributed by atoms with Crippen molar-refractivity contribution < 1.29 is 81.7 Å². The van der Waals surface area contributed by atoms with E-state index in [1.807, 2.05) is 269 Å². The average molecular weight is 1580 g/mol. The van der Waals surface area contributed by atoms with Gasteiger partial charge >= 0.3 is 24.4 Å². The Morgan fingerprint density at radius 2 is 0.640 bits per heavy atom. The lowest BCUT2D eigenvalue weighted by atomic mass is 9.99. The van der Waals surface area contributed by atoms with E-state index < -0.39 is 46.8 Å². The van der Waals surface area contributed by atoms with Gasteiger partial charge < -0.3 is 54.4 Å². The SMILES string of the molecule is Cc1cc2nc3cc(C)c(N(CCCCCCNC(=O)c4ccc(-c5ccc(-c6ccc(C(=O)NCCCCCCN(C(=O)OC(C)(C)C)c7cc8c(cc7C)nc7cc(C)c(NC(=O)OC(C)(C)C)cc7[n+]8-c7ccccc7)cc6)cc5)cc4)C(=O)OC(C)(C)C)cc3[n+](-c3ccccc3)c2cc1NC(=O)OC(C)(C)C.[Cl-].[Cl-]. The maximum absolute atomic E-state index is 14.2. The monoisotopic (exact) mass is 1580 g/mol. The van der Waals surface area contributed by atoms with Crippen molar-refractivity contribution in [3.8, 4) is 33.6 Å². The van der Waals surface area contributed by atoms with Gasteiger partial charge in [0, 0.05) is 85.8 Å². The van der Waals surface area contributed by atoms with Crippen molar-refractivity contribution in [3.63, 3.8) is 0 Å². The predicted molar refractivity (Wildman–Crippen MR) is 446 cm³/mol. The fourth-order valence-electron chi connectivity index (χ4n) is 13.5. The number of hydrogen-bond donors (Lipinski definition) is 4. The van der Waals surface area contributed by atoms with Gasteiger partial charge in [-0.25, -0.2) is 29.1 Å². The van der Waals surface area contributed by atoms with Crippen LogP contribution in [-0.4, -0.2) is 94.7 Å². The van der Waals surface area contributed by atoms with Crippen LogP contribution in [-0.2, 0) is 18.9 Å². The first-order valence-electron chi connectivity index (χ1n) is 38.7. The van der Waals surface area contributed by atoms with Crippen LogP contribution in [0.3, 0.4) is 0 Å². The molecule has 0 spiro atoms. The van der Waals surface area contributed by atoms with E-state index in [-0.39, 0.29) is 36.6 Å². The molecule has 0 aliphatic carbocycles. The van der Waals surface area contributed by atoms with E-state index in [1.54, 1.807) is 9.80 Å². The first-order valence-corrected chi connectivity index (χ1v) is 38.7. The quantitative estimate of drug-likeness (QED) is 0.0192. The lowest BCUT2D eigenvalue weighted by molar-refractivity contribution is -0.538. The Labute approximate surface area is 681 Å². The molecule has 0 aliphatic rings. The van der Waals surface area contributed by atoms with Crippen molar-refractivity contribution >= 4 is 103 Å². The molecule has 22 heteroatoms. The number of nitrogens with one attached hydrogen (secondary N) is 4. The molecule has 11 rings (SSSR count). The molecular formula is C92H106Cl2N10O10. The smallest absolute Gasteiger partial charge is 0.414 e.